The number of aromatic nitrogens is 2. The quantitative estimate of drug-likeness (QED) is 0.836. The second kappa shape index (κ2) is 6.16. The van der Waals surface area contributed by atoms with Crippen LogP contribution in [0.1, 0.15) is 31.7 Å². The van der Waals surface area contributed by atoms with Gasteiger partial charge in [0, 0.05) is 25.5 Å². The number of benzene rings is 1. The molecule has 0 amide bonds. The number of hydrogen-bond acceptors (Lipinski definition) is 2. The van der Waals surface area contributed by atoms with Gasteiger partial charge in [-0.3, -0.25) is 0 Å². The summed E-state index contributed by atoms with van der Waals surface area (Å²) in [7, 11) is 1.76. The molecule has 0 radical (unpaired) electrons. The Bertz CT molecular complexity index is 600. The number of hydrogen-bond donors (Lipinski definition) is 0. The minimum atomic E-state index is -0.333. The van der Waals surface area contributed by atoms with Crippen LogP contribution in [0.2, 0.25) is 5.02 Å². The highest BCUT2D eigenvalue weighted by atomic mass is 35.5. The van der Waals surface area contributed by atoms with Crippen LogP contribution in [0.15, 0.2) is 30.6 Å². The van der Waals surface area contributed by atoms with E-state index in [0.717, 1.165) is 25.7 Å². The Morgan fingerprint density at radius 2 is 2.05 bits per heavy atom. The molecule has 3 rings (SSSR count). The highest BCUT2D eigenvalue weighted by Crippen LogP contribution is 2.35. The van der Waals surface area contributed by atoms with Crippen molar-refractivity contribution in [2.24, 2.45) is 0 Å². The van der Waals surface area contributed by atoms with E-state index in [2.05, 4.69) is 9.55 Å². The third-order valence-electron chi connectivity index (χ3n) is 4.23. The zero-order valence-corrected chi connectivity index (χ0v) is 12.7. The first-order valence-electron chi connectivity index (χ1n) is 7.20. The number of ether oxygens (including phenoxy) is 1. The van der Waals surface area contributed by atoms with Crippen LogP contribution in [0.25, 0.3) is 11.4 Å². The maximum Gasteiger partial charge on any atom is 0.144 e. The van der Waals surface area contributed by atoms with Gasteiger partial charge in [0.1, 0.15) is 11.6 Å². The highest BCUT2D eigenvalue weighted by molar-refractivity contribution is 6.33. The van der Waals surface area contributed by atoms with Crippen molar-refractivity contribution in [3.63, 3.8) is 0 Å². The average Bonchev–Trinajstić information content (AvgIpc) is 2.96. The number of nitrogens with zero attached hydrogens (tertiary/aromatic N) is 2. The molecule has 21 heavy (non-hydrogen) atoms. The first kappa shape index (κ1) is 14.5. The van der Waals surface area contributed by atoms with Gasteiger partial charge in [0.15, 0.2) is 0 Å². The van der Waals surface area contributed by atoms with Crippen molar-refractivity contribution in [3.8, 4) is 11.4 Å². The lowest BCUT2D eigenvalue weighted by Crippen LogP contribution is -2.22. The van der Waals surface area contributed by atoms with E-state index in [1.54, 1.807) is 25.4 Å². The second-order valence-corrected chi connectivity index (χ2v) is 5.83. The Labute approximate surface area is 128 Å². The van der Waals surface area contributed by atoms with Crippen LogP contribution < -0.4 is 0 Å². The van der Waals surface area contributed by atoms with Gasteiger partial charge in [0.05, 0.1) is 16.7 Å². The van der Waals surface area contributed by atoms with E-state index in [1.807, 2.05) is 6.20 Å². The highest BCUT2D eigenvalue weighted by Gasteiger charge is 2.25. The first-order chi connectivity index (χ1) is 10.2. The minimum absolute atomic E-state index is 0.324. The van der Waals surface area contributed by atoms with Crippen molar-refractivity contribution < 1.29 is 9.13 Å². The largest absolute Gasteiger partial charge is 0.381 e. The standard InChI is InChI=1S/C16H18ClFN2O/c1-21-12-7-5-11(6-8-12)20-10-9-19-16(20)15-13(17)3-2-4-14(15)18/h2-4,9-12H,5-8H2,1H3. The monoisotopic (exact) mass is 308 g/mol. The predicted molar refractivity (Wildman–Crippen MR) is 80.9 cm³/mol. The molecule has 1 fully saturated rings. The molecule has 0 N–H and O–H groups in total. The fraction of sp³-hybridized carbons (Fsp3) is 0.438. The Morgan fingerprint density at radius 3 is 2.71 bits per heavy atom. The SMILES string of the molecule is COC1CCC(n2ccnc2-c2c(F)cccc2Cl)CC1. The zero-order chi connectivity index (χ0) is 14.8. The van der Waals surface area contributed by atoms with Gasteiger partial charge in [0.25, 0.3) is 0 Å². The van der Waals surface area contributed by atoms with Crippen LogP contribution in [-0.4, -0.2) is 22.8 Å². The lowest BCUT2D eigenvalue weighted by molar-refractivity contribution is 0.0586. The lowest BCUT2D eigenvalue weighted by atomic mass is 9.92. The van der Waals surface area contributed by atoms with Crippen molar-refractivity contribution in [1.82, 2.24) is 9.55 Å². The molecule has 1 saturated carbocycles. The smallest absolute Gasteiger partial charge is 0.144 e. The van der Waals surface area contributed by atoms with Crippen molar-refractivity contribution >= 4 is 11.6 Å². The summed E-state index contributed by atoms with van der Waals surface area (Å²) < 4.78 is 21.6. The van der Waals surface area contributed by atoms with Gasteiger partial charge in [-0.05, 0) is 37.8 Å². The van der Waals surface area contributed by atoms with E-state index in [0.29, 0.717) is 28.6 Å². The fourth-order valence-electron chi connectivity index (χ4n) is 3.07. The molecule has 0 atom stereocenters. The normalized spacial score (nSPS) is 22.4. The molecule has 1 aromatic carbocycles. The molecule has 1 aliphatic rings. The van der Waals surface area contributed by atoms with E-state index < -0.39 is 0 Å². The van der Waals surface area contributed by atoms with E-state index in [4.69, 9.17) is 16.3 Å². The maximum atomic E-state index is 14.1. The van der Waals surface area contributed by atoms with Crippen molar-refractivity contribution in [1.29, 1.82) is 0 Å². The third-order valence-corrected chi connectivity index (χ3v) is 4.54. The summed E-state index contributed by atoms with van der Waals surface area (Å²) in [6.07, 6.45) is 8.01. The van der Waals surface area contributed by atoms with Crippen LogP contribution in [0.4, 0.5) is 4.39 Å². The van der Waals surface area contributed by atoms with Gasteiger partial charge in [-0.2, -0.15) is 0 Å². The average molecular weight is 309 g/mol. The molecule has 112 valence electrons. The van der Waals surface area contributed by atoms with Gasteiger partial charge < -0.3 is 9.30 Å². The number of halogens is 2. The molecule has 0 saturated heterocycles. The topological polar surface area (TPSA) is 27.1 Å². The van der Waals surface area contributed by atoms with Crippen LogP contribution in [0.5, 0.6) is 0 Å². The Morgan fingerprint density at radius 1 is 1.29 bits per heavy atom. The zero-order valence-electron chi connectivity index (χ0n) is 11.9. The molecular weight excluding hydrogens is 291 g/mol. The summed E-state index contributed by atoms with van der Waals surface area (Å²) in [5.41, 5.74) is 0.387. The van der Waals surface area contributed by atoms with Crippen molar-refractivity contribution in [3.05, 3.63) is 41.4 Å². The van der Waals surface area contributed by atoms with E-state index in [1.165, 1.54) is 6.07 Å². The fourth-order valence-corrected chi connectivity index (χ4v) is 3.32. The van der Waals surface area contributed by atoms with E-state index >= 15 is 0 Å². The van der Waals surface area contributed by atoms with Gasteiger partial charge in [0.2, 0.25) is 0 Å². The van der Waals surface area contributed by atoms with Crippen LogP contribution >= 0.6 is 11.6 Å². The van der Waals surface area contributed by atoms with Crippen LogP contribution in [-0.2, 0) is 4.74 Å². The minimum Gasteiger partial charge on any atom is -0.381 e. The Kier molecular flexibility index (Phi) is 4.27. The summed E-state index contributed by atoms with van der Waals surface area (Å²) in [5, 5.41) is 0.396. The van der Waals surface area contributed by atoms with Gasteiger partial charge in [-0.15, -0.1) is 0 Å². The molecule has 0 bridgehead atoms. The van der Waals surface area contributed by atoms with E-state index in [9.17, 15) is 4.39 Å². The number of imidazole rings is 1. The molecule has 1 aromatic heterocycles. The number of rotatable bonds is 3. The van der Waals surface area contributed by atoms with Crippen molar-refractivity contribution in [2.45, 2.75) is 37.8 Å². The van der Waals surface area contributed by atoms with E-state index in [-0.39, 0.29) is 5.82 Å². The summed E-state index contributed by atoms with van der Waals surface area (Å²) in [4.78, 5) is 4.33. The first-order valence-corrected chi connectivity index (χ1v) is 7.58. The summed E-state index contributed by atoms with van der Waals surface area (Å²) in [6, 6.07) is 5.05. The molecular formula is C16H18ClFN2O. The Balaban J connectivity index is 1.92. The van der Waals surface area contributed by atoms with Crippen molar-refractivity contribution in [2.75, 3.05) is 7.11 Å². The Hall–Kier alpha value is -1.39. The van der Waals surface area contributed by atoms with Crippen LogP contribution in [0, 0.1) is 5.82 Å². The maximum absolute atomic E-state index is 14.1. The molecule has 3 nitrogen and oxygen atoms in total. The van der Waals surface area contributed by atoms with Gasteiger partial charge in [-0.25, -0.2) is 9.37 Å². The molecule has 5 heteroatoms. The summed E-state index contributed by atoms with van der Waals surface area (Å²) in [6.45, 7) is 0. The second-order valence-electron chi connectivity index (χ2n) is 5.42. The van der Waals surface area contributed by atoms with Crippen LogP contribution in [0.3, 0.4) is 0 Å². The summed E-state index contributed by atoms with van der Waals surface area (Å²) in [5.74, 6) is 0.277. The molecule has 1 aliphatic carbocycles. The molecule has 2 aromatic rings. The number of methoxy groups -OCH3 is 1. The molecule has 1 heterocycles. The van der Waals surface area contributed by atoms with Gasteiger partial charge in [-0.1, -0.05) is 17.7 Å². The van der Waals surface area contributed by atoms with Gasteiger partial charge >= 0.3 is 0 Å². The molecule has 0 unspecified atom stereocenters. The third kappa shape index (κ3) is 2.83. The molecule has 0 aliphatic heterocycles. The predicted octanol–water partition coefficient (Wildman–Crippen LogP) is 4.47. The molecule has 0 spiro atoms. The lowest BCUT2D eigenvalue weighted by Gasteiger charge is -2.29. The summed E-state index contributed by atoms with van der Waals surface area (Å²) >= 11 is 6.16.